The Bertz CT molecular complexity index is 1310. The second kappa shape index (κ2) is 6.55. The summed E-state index contributed by atoms with van der Waals surface area (Å²) in [6, 6.07) is 14.0. The fourth-order valence-corrected chi connectivity index (χ4v) is 3.33. The molecule has 4 heterocycles. The van der Waals surface area contributed by atoms with E-state index in [0.29, 0.717) is 5.82 Å². The van der Waals surface area contributed by atoms with E-state index >= 15 is 0 Å². The molecule has 0 unspecified atom stereocenters. The van der Waals surface area contributed by atoms with Crippen LogP contribution in [0.4, 0.5) is 11.6 Å². The largest absolute Gasteiger partial charge is 0.325 e. The molecule has 4 aromatic heterocycles. The fourth-order valence-electron chi connectivity index (χ4n) is 3.33. The van der Waals surface area contributed by atoms with Crippen molar-refractivity contribution in [2.75, 3.05) is 5.32 Å². The number of hydrogen-bond acceptors (Lipinski definition) is 6. The number of pyridine rings is 1. The third kappa shape index (κ3) is 3.02. The molecule has 0 aliphatic carbocycles. The van der Waals surface area contributed by atoms with Gasteiger partial charge in [0, 0.05) is 43.7 Å². The van der Waals surface area contributed by atoms with Crippen molar-refractivity contribution in [2.45, 2.75) is 0 Å². The molecule has 0 saturated carbocycles. The van der Waals surface area contributed by atoms with E-state index in [4.69, 9.17) is 4.98 Å². The van der Waals surface area contributed by atoms with Gasteiger partial charge in [-0.1, -0.05) is 35.5 Å². The number of aromatic nitrogens is 8. The van der Waals surface area contributed by atoms with Gasteiger partial charge in [0.25, 0.3) is 0 Å². The molecule has 5 rings (SSSR count). The summed E-state index contributed by atoms with van der Waals surface area (Å²) in [4.78, 5) is 4.74. The van der Waals surface area contributed by atoms with Gasteiger partial charge in [-0.25, -0.2) is 4.98 Å². The normalized spacial score (nSPS) is 11.3. The topological polar surface area (TPSA) is 91.3 Å². The Balaban J connectivity index is 1.58. The Morgan fingerprint density at radius 3 is 2.52 bits per heavy atom. The fraction of sp³-hybridized carbons (Fsp3) is 0.150. The lowest BCUT2D eigenvalue weighted by Crippen LogP contribution is -2.02. The Hall–Kier alpha value is -4.01. The number of nitrogens with zero attached hydrogens (tertiary/aromatic N) is 8. The van der Waals surface area contributed by atoms with E-state index in [-0.39, 0.29) is 0 Å². The summed E-state index contributed by atoms with van der Waals surface area (Å²) >= 11 is 0. The van der Waals surface area contributed by atoms with Crippen LogP contribution < -0.4 is 5.32 Å². The second-order valence-corrected chi connectivity index (χ2v) is 6.87. The van der Waals surface area contributed by atoms with Gasteiger partial charge in [-0.05, 0) is 6.07 Å². The first-order valence-electron chi connectivity index (χ1n) is 9.14. The molecule has 0 fully saturated rings. The van der Waals surface area contributed by atoms with Crippen LogP contribution in [0.2, 0.25) is 0 Å². The third-order valence-corrected chi connectivity index (χ3v) is 4.79. The average molecular weight is 385 g/mol. The first-order chi connectivity index (χ1) is 14.1. The van der Waals surface area contributed by atoms with Crippen LogP contribution in [0.15, 0.2) is 54.9 Å². The zero-order valence-corrected chi connectivity index (χ0v) is 16.3. The predicted molar refractivity (Wildman–Crippen MR) is 110 cm³/mol. The maximum Gasteiger partial charge on any atom is 0.160 e. The van der Waals surface area contributed by atoms with Gasteiger partial charge >= 0.3 is 0 Å². The summed E-state index contributed by atoms with van der Waals surface area (Å²) in [5, 5.41) is 21.6. The Morgan fingerprint density at radius 1 is 0.931 bits per heavy atom. The minimum absolute atomic E-state index is 0.685. The van der Waals surface area contributed by atoms with E-state index in [9.17, 15) is 0 Å². The molecule has 0 aliphatic heterocycles. The first kappa shape index (κ1) is 17.1. The van der Waals surface area contributed by atoms with Crippen molar-refractivity contribution in [3.63, 3.8) is 0 Å². The Morgan fingerprint density at radius 2 is 1.76 bits per heavy atom. The van der Waals surface area contributed by atoms with Crippen LogP contribution in [-0.2, 0) is 21.1 Å². The summed E-state index contributed by atoms with van der Waals surface area (Å²) in [5.74, 6) is 1.52. The zero-order chi connectivity index (χ0) is 20.0. The lowest BCUT2D eigenvalue weighted by atomic mass is 10.1. The second-order valence-electron chi connectivity index (χ2n) is 6.87. The van der Waals surface area contributed by atoms with Gasteiger partial charge in [0.1, 0.15) is 17.3 Å². The summed E-state index contributed by atoms with van der Waals surface area (Å²) < 4.78 is 5.23. The maximum absolute atomic E-state index is 4.74. The average Bonchev–Trinajstić information content (AvgIpc) is 3.42. The van der Waals surface area contributed by atoms with Crippen molar-refractivity contribution in [2.24, 2.45) is 21.1 Å². The summed E-state index contributed by atoms with van der Waals surface area (Å²) in [5.41, 5.74) is 4.41. The SMILES string of the molecule is Cn1cc(-c2cc(Nc3cc(-c4ccccc4)nn3C)nc3c2cnn3C)nn1. The van der Waals surface area contributed by atoms with E-state index in [1.807, 2.05) is 69.8 Å². The van der Waals surface area contributed by atoms with Gasteiger partial charge in [0.2, 0.25) is 0 Å². The smallest absolute Gasteiger partial charge is 0.160 e. The number of rotatable bonds is 4. The molecule has 1 N–H and O–H groups in total. The molecule has 9 nitrogen and oxygen atoms in total. The molecule has 144 valence electrons. The van der Waals surface area contributed by atoms with Crippen LogP contribution >= 0.6 is 0 Å². The molecule has 9 heteroatoms. The van der Waals surface area contributed by atoms with Crippen molar-refractivity contribution in [1.29, 1.82) is 0 Å². The number of hydrogen-bond donors (Lipinski definition) is 1. The van der Waals surface area contributed by atoms with Crippen LogP contribution in [-0.4, -0.2) is 39.5 Å². The number of nitrogens with one attached hydrogen (secondary N) is 1. The van der Waals surface area contributed by atoms with Crippen molar-refractivity contribution in [3.8, 4) is 22.5 Å². The van der Waals surface area contributed by atoms with E-state index in [0.717, 1.165) is 39.4 Å². The van der Waals surface area contributed by atoms with E-state index in [2.05, 4.69) is 25.8 Å². The Kier molecular flexibility index (Phi) is 3.87. The standard InChI is InChI=1S/C20H19N9/c1-27-12-17(24-26-27)14-9-18(23-20-15(14)11-21-29(20)3)22-19-10-16(25-28(19)2)13-7-5-4-6-8-13/h4-12H,1-3H3,(H,22,23). The predicted octanol–water partition coefficient (Wildman–Crippen LogP) is 2.91. The van der Waals surface area contributed by atoms with Gasteiger partial charge in [0.15, 0.2) is 5.65 Å². The van der Waals surface area contributed by atoms with Gasteiger partial charge < -0.3 is 5.32 Å². The minimum atomic E-state index is 0.685. The van der Waals surface area contributed by atoms with Crippen LogP contribution in [0.25, 0.3) is 33.5 Å². The van der Waals surface area contributed by atoms with Crippen LogP contribution in [0.3, 0.4) is 0 Å². The number of anilines is 2. The molecular weight excluding hydrogens is 366 g/mol. The maximum atomic E-state index is 4.74. The summed E-state index contributed by atoms with van der Waals surface area (Å²) in [7, 11) is 5.62. The van der Waals surface area contributed by atoms with E-state index in [1.54, 1.807) is 20.2 Å². The highest BCUT2D eigenvalue weighted by Crippen LogP contribution is 2.30. The molecule has 0 amide bonds. The van der Waals surface area contributed by atoms with Crippen LogP contribution in [0, 0.1) is 0 Å². The van der Waals surface area contributed by atoms with Crippen molar-refractivity contribution < 1.29 is 0 Å². The minimum Gasteiger partial charge on any atom is -0.325 e. The highest BCUT2D eigenvalue weighted by molar-refractivity contribution is 5.93. The van der Waals surface area contributed by atoms with E-state index < -0.39 is 0 Å². The molecule has 5 aromatic rings. The molecular formula is C20H19N9. The zero-order valence-electron chi connectivity index (χ0n) is 16.3. The number of benzene rings is 1. The molecule has 1 aromatic carbocycles. The number of fused-ring (bicyclic) bond motifs is 1. The van der Waals surface area contributed by atoms with Gasteiger partial charge in [0.05, 0.1) is 18.1 Å². The quantitative estimate of drug-likeness (QED) is 0.511. The number of aryl methyl sites for hydroxylation is 3. The molecule has 29 heavy (non-hydrogen) atoms. The highest BCUT2D eigenvalue weighted by atomic mass is 15.4. The summed E-state index contributed by atoms with van der Waals surface area (Å²) in [6.45, 7) is 0. The Labute approximate surface area is 166 Å². The van der Waals surface area contributed by atoms with Crippen molar-refractivity contribution in [3.05, 3.63) is 54.9 Å². The summed E-state index contributed by atoms with van der Waals surface area (Å²) in [6.07, 6.45) is 3.68. The molecule has 0 atom stereocenters. The molecule has 0 aliphatic rings. The molecule has 0 radical (unpaired) electrons. The van der Waals surface area contributed by atoms with Gasteiger partial charge in [-0.15, -0.1) is 5.10 Å². The highest BCUT2D eigenvalue weighted by Gasteiger charge is 2.15. The van der Waals surface area contributed by atoms with Gasteiger partial charge in [-0.2, -0.15) is 10.2 Å². The van der Waals surface area contributed by atoms with Crippen LogP contribution in [0.5, 0.6) is 0 Å². The van der Waals surface area contributed by atoms with Crippen molar-refractivity contribution in [1.82, 2.24) is 39.5 Å². The van der Waals surface area contributed by atoms with Crippen LogP contribution in [0.1, 0.15) is 0 Å². The lowest BCUT2D eigenvalue weighted by molar-refractivity contribution is 0.715. The van der Waals surface area contributed by atoms with Gasteiger partial charge in [-0.3, -0.25) is 14.0 Å². The molecule has 0 bridgehead atoms. The third-order valence-electron chi connectivity index (χ3n) is 4.79. The van der Waals surface area contributed by atoms with Crippen molar-refractivity contribution >= 4 is 22.7 Å². The first-order valence-corrected chi connectivity index (χ1v) is 9.14. The van der Waals surface area contributed by atoms with E-state index in [1.165, 1.54) is 0 Å². The molecule has 0 saturated heterocycles. The monoisotopic (exact) mass is 385 g/mol. The lowest BCUT2D eigenvalue weighted by Gasteiger charge is -2.08. The molecule has 0 spiro atoms.